The fourth-order valence-electron chi connectivity index (χ4n) is 3.14. The Hall–Kier alpha value is -3.33. The van der Waals surface area contributed by atoms with Gasteiger partial charge in [-0.05, 0) is 37.1 Å². The molecule has 0 aliphatic carbocycles. The number of hydrogen-bond acceptors (Lipinski definition) is 4. The van der Waals surface area contributed by atoms with E-state index in [1.54, 1.807) is 33.8 Å². The molecule has 2 amide bonds. The molecule has 0 radical (unpaired) electrons. The summed E-state index contributed by atoms with van der Waals surface area (Å²) in [5, 5.41) is 5.82. The molecule has 3 N–H and O–H groups in total. The number of aryl methyl sites for hydroxylation is 2. The Morgan fingerprint density at radius 2 is 1.88 bits per heavy atom. The fraction of sp³-hybridized carbons (Fsp3) is 0.333. The Kier molecular flexibility index (Phi) is 7.35. The van der Waals surface area contributed by atoms with Gasteiger partial charge in [-0.3, -0.25) is 19.9 Å². The number of aromatic nitrogens is 3. The number of pyridine rings is 1. The number of carbonyl (C=O) groups is 2. The standard InChI is InChI=1S/C24H26ClF2N5O2/c1-12-6-7-15(9-17(12)25)18-13(2)30-23(31-18)32-21(33)16-8-14(10-28-19(16)20(26)27)11-29-22(34)24(3,4)5/h6-10,20H,11H2,1-5H3,(H,29,34)(H2,30,31,32,33). The lowest BCUT2D eigenvalue weighted by molar-refractivity contribution is -0.128. The first-order valence-corrected chi connectivity index (χ1v) is 10.9. The molecule has 0 unspecified atom stereocenters. The zero-order chi connectivity index (χ0) is 25.2. The van der Waals surface area contributed by atoms with Gasteiger partial charge >= 0.3 is 0 Å². The maximum absolute atomic E-state index is 13.5. The predicted octanol–water partition coefficient (Wildman–Crippen LogP) is 5.59. The minimum atomic E-state index is -2.96. The van der Waals surface area contributed by atoms with Gasteiger partial charge in [-0.15, -0.1) is 0 Å². The number of aromatic amines is 1. The van der Waals surface area contributed by atoms with Crippen molar-refractivity contribution in [1.29, 1.82) is 0 Å². The topological polar surface area (TPSA) is 99.8 Å². The summed E-state index contributed by atoms with van der Waals surface area (Å²) < 4.78 is 27.1. The molecule has 0 atom stereocenters. The lowest BCUT2D eigenvalue weighted by Crippen LogP contribution is -2.34. The summed E-state index contributed by atoms with van der Waals surface area (Å²) in [6.07, 6.45) is -1.74. The molecule has 7 nitrogen and oxygen atoms in total. The molecule has 0 saturated heterocycles. The average Bonchev–Trinajstić information content (AvgIpc) is 3.12. The summed E-state index contributed by atoms with van der Waals surface area (Å²) in [4.78, 5) is 36.1. The van der Waals surface area contributed by atoms with Crippen LogP contribution in [0.25, 0.3) is 11.3 Å². The Balaban J connectivity index is 1.84. The first kappa shape index (κ1) is 25.3. The van der Waals surface area contributed by atoms with Crippen molar-refractivity contribution in [1.82, 2.24) is 20.3 Å². The van der Waals surface area contributed by atoms with E-state index in [4.69, 9.17) is 11.6 Å². The summed E-state index contributed by atoms with van der Waals surface area (Å²) in [6, 6.07) is 6.79. The quantitative estimate of drug-likeness (QED) is 0.420. The number of anilines is 1. The van der Waals surface area contributed by atoms with Gasteiger partial charge < -0.3 is 10.3 Å². The van der Waals surface area contributed by atoms with Gasteiger partial charge in [0.2, 0.25) is 11.9 Å². The maximum atomic E-state index is 13.5. The van der Waals surface area contributed by atoms with Crippen LogP contribution in [0.5, 0.6) is 0 Å². The summed E-state index contributed by atoms with van der Waals surface area (Å²) >= 11 is 6.21. The van der Waals surface area contributed by atoms with E-state index in [0.717, 1.165) is 11.1 Å². The Morgan fingerprint density at radius 3 is 2.50 bits per heavy atom. The Morgan fingerprint density at radius 1 is 1.18 bits per heavy atom. The maximum Gasteiger partial charge on any atom is 0.281 e. The summed E-state index contributed by atoms with van der Waals surface area (Å²) in [7, 11) is 0. The number of nitrogens with one attached hydrogen (secondary N) is 3. The molecule has 0 aliphatic heterocycles. The van der Waals surface area contributed by atoms with E-state index < -0.39 is 23.4 Å². The highest BCUT2D eigenvalue weighted by Gasteiger charge is 2.24. The van der Waals surface area contributed by atoms with Gasteiger partial charge in [-0.25, -0.2) is 13.8 Å². The molecule has 2 aromatic heterocycles. The number of amides is 2. The molecule has 180 valence electrons. The van der Waals surface area contributed by atoms with Crippen molar-refractivity contribution in [3.05, 3.63) is 63.6 Å². The number of imidazole rings is 1. The van der Waals surface area contributed by atoms with Crippen LogP contribution >= 0.6 is 11.6 Å². The molecule has 2 heterocycles. The number of halogens is 3. The van der Waals surface area contributed by atoms with Crippen LogP contribution in [-0.2, 0) is 11.3 Å². The number of rotatable bonds is 6. The highest BCUT2D eigenvalue weighted by Crippen LogP contribution is 2.28. The third-order valence-electron chi connectivity index (χ3n) is 5.14. The van der Waals surface area contributed by atoms with Gasteiger partial charge in [-0.2, -0.15) is 0 Å². The molecular formula is C24H26ClF2N5O2. The van der Waals surface area contributed by atoms with Crippen LogP contribution in [0.15, 0.2) is 30.5 Å². The number of hydrogen-bond donors (Lipinski definition) is 3. The van der Waals surface area contributed by atoms with Crippen molar-refractivity contribution < 1.29 is 18.4 Å². The molecule has 0 bridgehead atoms. The molecule has 0 saturated carbocycles. The highest BCUT2D eigenvalue weighted by atomic mass is 35.5. The fourth-order valence-corrected chi connectivity index (χ4v) is 3.32. The van der Waals surface area contributed by atoms with Crippen LogP contribution in [0.2, 0.25) is 5.02 Å². The van der Waals surface area contributed by atoms with Crippen LogP contribution < -0.4 is 10.6 Å². The van der Waals surface area contributed by atoms with E-state index in [1.165, 1.54) is 12.3 Å². The molecule has 34 heavy (non-hydrogen) atoms. The van der Waals surface area contributed by atoms with Crippen molar-refractivity contribution in [3.63, 3.8) is 0 Å². The molecule has 3 rings (SSSR count). The Bertz CT molecular complexity index is 1230. The normalized spacial score (nSPS) is 11.6. The largest absolute Gasteiger partial charge is 0.352 e. The van der Waals surface area contributed by atoms with Crippen LogP contribution in [0, 0.1) is 19.3 Å². The minimum Gasteiger partial charge on any atom is -0.352 e. The smallest absolute Gasteiger partial charge is 0.281 e. The number of alkyl halides is 2. The lowest BCUT2D eigenvalue weighted by Gasteiger charge is -2.18. The van der Waals surface area contributed by atoms with E-state index in [9.17, 15) is 18.4 Å². The summed E-state index contributed by atoms with van der Waals surface area (Å²) in [6.45, 7) is 8.94. The molecule has 0 spiro atoms. The van der Waals surface area contributed by atoms with Crippen molar-refractivity contribution >= 4 is 29.4 Å². The zero-order valence-corrected chi connectivity index (χ0v) is 20.3. The van der Waals surface area contributed by atoms with E-state index >= 15 is 0 Å². The van der Waals surface area contributed by atoms with Gasteiger partial charge in [0.25, 0.3) is 12.3 Å². The van der Waals surface area contributed by atoms with E-state index in [-0.39, 0.29) is 24.0 Å². The van der Waals surface area contributed by atoms with Gasteiger partial charge in [0.05, 0.1) is 17.0 Å². The molecule has 0 aliphatic rings. The number of H-pyrrole nitrogens is 1. The first-order chi connectivity index (χ1) is 15.9. The molecule has 3 aromatic rings. The number of nitrogens with zero attached hydrogens (tertiary/aromatic N) is 2. The lowest BCUT2D eigenvalue weighted by atomic mass is 9.95. The van der Waals surface area contributed by atoms with Crippen molar-refractivity contribution in [2.45, 2.75) is 47.6 Å². The van der Waals surface area contributed by atoms with Crippen LogP contribution in [0.1, 0.15) is 60.1 Å². The zero-order valence-electron chi connectivity index (χ0n) is 19.5. The van der Waals surface area contributed by atoms with Crippen molar-refractivity contribution in [2.75, 3.05) is 5.32 Å². The SMILES string of the molecule is Cc1ccc(-c2[nH]c(NC(=O)c3cc(CNC(=O)C(C)(C)C)cnc3C(F)F)nc2C)cc1Cl. The Labute approximate surface area is 201 Å². The molecular weight excluding hydrogens is 464 g/mol. The monoisotopic (exact) mass is 489 g/mol. The van der Waals surface area contributed by atoms with E-state index in [2.05, 4.69) is 25.6 Å². The number of benzene rings is 1. The van der Waals surface area contributed by atoms with E-state index in [1.807, 2.05) is 19.1 Å². The average molecular weight is 490 g/mol. The second kappa shape index (κ2) is 9.89. The van der Waals surface area contributed by atoms with Crippen molar-refractivity contribution in [3.8, 4) is 11.3 Å². The minimum absolute atomic E-state index is 0.0467. The summed E-state index contributed by atoms with van der Waals surface area (Å²) in [5.41, 5.74) is 1.77. The predicted molar refractivity (Wildman–Crippen MR) is 127 cm³/mol. The summed E-state index contributed by atoms with van der Waals surface area (Å²) in [5.74, 6) is -0.916. The molecule has 1 aromatic carbocycles. The van der Waals surface area contributed by atoms with Crippen LogP contribution in [0.3, 0.4) is 0 Å². The van der Waals surface area contributed by atoms with Crippen LogP contribution in [-0.4, -0.2) is 26.8 Å². The molecule has 10 heteroatoms. The van der Waals surface area contributed by atoms with Gasteiger partial charge in [0, 0.05) is 28.7 Å². The third-order valence-corrected chi connectivity index (χ3v) is 5.55. The van der Waals surface area contributed by atoms with Crippen molar-refractivity contribution in [2.24, 2.45) is 5.41 Å². The van der Waals surface area contributed by atoms with Crippen LogP contribution in [0.4, 0.5) is 14.7 Å². The third kappa shape index (κ3) is 5.77. The highest BCUT2D eigenvalue weighted by molar-refractivity contribution is 6.31. The second-order valence-corrected chi connectivity index (χ2v) is 9.38. The van der Waals surface area contributed by atoms with Gasteiger partial charge in [-0.1, -0.05) is 44.5 Å². The van der Waals surface area contributed by atoms with Gasteiger partial charge in [0.15, 0.2) is 0 Å². The first-order valence-electron chi connectivity index (χ1n) is 10.6. The van der Waals surface area contributed by atoms with E-state index in [0.29, 0.717) is 22.0 Å². The molecule has 0 fully saturated rings. The van der Waals surface area contributed by atoms with Gasteiger partial charge in [0.1, 0.15) is 5.69 Å². The number of carbonyl (C=O) groups excluding carboxylic acids is 2. The second-order valence-electron chi connectivity index (χ2n) is 8.97.